The molecule has 2 aliphatic rings. The van der Waals surface area contributed by atoms with E-state index in [4.69, 9.17) is 10.0 Å². The number of rotatable bonds is 3. The first-order valence-corrected chi connectivity index (χ1v) is 7.32. The maximum atomic E-state index is 12.0. The molecule has 0 atom stereocenters. The lowest BCUT2D eigenvalue weighted by atomic mass is 9.76. The molecule has 2 amide bonds. The average Bonchev–Trinajstić information content (AvgIpc) is 2.46. The average molecular weight is 281 g/mol. The van der Waals surface area contributed by atoms with Crippen molar-refractivity contribution in [2.75, 3.05) is 39.8 Å². The van der Waals surface area contributed by atoms with Gasteiger partial charge >= 0.3 is 13.1 Å². The van der Waals surface area contributed by atoms with Gasteiger partial charge < -0.3 is 25.2 Å². The highest BCUT2D eigenvalue weighted by atomic mass is 16.4. The van der Waals surface area contributed by atoms with Gasteiger partial charge in [-0.25, -0.2) is 4.79 Å². The van der Waals surface area contributed by atoms with Crippen LogP contribution in [0.4, 0.5) is 4.79 Å². The second kappa shape index (κ2) is 7.10. The van der Waals surface area contributed by atoms with Gasteiger partial charge in [0.25, 0.3) is 0 Å². The Morgan fingerprint density at radius 3 is 2.65 bits per heavy atom. The van der Waals surface area contributed by atoms with Crippen molar-refractivity contribution in [2.24, 2.45) is 5.92 Å². The molecule has 7 heteroatoms. The summed E-state index contributed by atoms with van der Waals surface area (Å²) in [6.07, 6.45) is 4.53. The lowest BCUT2D eigenvalue weighted by Gasteiger charge is -2.31. The summed E-state index contributed by atoms with van der Waals surface area (Å²) in [6, 6.07) is -0.0494. The predicted molar refractivity (Wildman–Crippen MR) is 78.1 cm³/mol. The van der Waals surface area contributed by atoms with Crippen molar-refractivity contribution in [3.63, 3.8) is 0 Å². The first kappa shape index (κ1) is 15.3. The van der Waals surface area contributed by atoms with E-state index in [0.29, 0.717) is 30.9 Å². The molecule has 0 bridgehead atoms. The summed E-state index contributed by atoms with van der Waals surface area (Å²) in [5.74, 6) is 0.574. The van der Waals surface area contributed by atoms with E-state index in [1.807, 2.05) is 0 Å². The summed E-state index contributed by atoms with van der Waals surface area (Å²) in [5.41, 5.74) is 0.601. The van der Waals surface area contributed by atoms with E-state index in [1.165, 1.54) is 0 Å². The molecule has 112 valence electrons. The van der Waals surface area contributed by atoms with Crippen LogP contribution in [0.25, 0.3) is 0 Å². The van der Waals surface area contributed by atoms with Crippen LogP contribution in [0, 0.1) is 5.92 Å². The summed E-state index contributed by atoms with van der Waals surface area (Å²) in [4.78, 5) is 16.1. The maximum absolute atomic E-state index is 12.0. The van der Waals surface area contributed by atoms with Gasteiger partial charge in [0.1, 0.15) is 0 Å². The molecule has 2 rings (SSSR count). The van der Waals surface area contributed by atoms with Crippen LogP contribution in [0.1, 0.15) is 19.3 Å². The molecule has 0 spiro atoms. The minimum absolute atomic E-state index is 0.0494. The fraction of sp³-hybridized carbons (Fsp3) is 0.769. The Morgan fingerprint density at radius 2 is 2.10 bits per heavy atom. The second-order valence-electron chi connectivity index (χ2n) is 5.78. The third-order valence-corrected chi connectivity index (χ3v) is 4.24. The van der Waals surface area contributed by atoms with Gasteiger partial charge in [0.2, 0.25) is 0 Å². The second-order valence-corrected chi connectivity index (χ2v) is 5.78. The third-order valence-electron chi connectivity index (χ3n) is 4.24. The number of nitrogens with zero attached hydrogens (tertiary/aromatic N) is 2. The minimum atomic E-state index is -1.39. The van der Waals surface area contributed by atoms with Crippen molar-refractivity contribution < 1.29 is 14.8 Å². The topological polar surface area (TPSA) is 76.0 Å². The number of nitrogens with one attached hydrogen (secondary N) is 1. The molecule has 0 aromatic heterocycles. The van der Waals surface area contributed by atoms with Gasteiger partial charge in [-0.1, -0.05) is 6.08 Å². The number of urea groups is 1. The molecule has 2 aliphatic heterocycles. The molecule has 1 fully saturated rings. The van der Waals surface area contributed by atoms with Gasteiger partial charge in [-0.15, -0.1) is 0 Å². The predicted octanol–water partition coefficient (Wildman–Crippen LogP) is -0.318. The smallest absolute Gasteiger partial charge is 0.423 e. The Balaban J connectivity index is 1.71. The summed E-state index contributed by atoms with van der Waals surface area (Å²) in [7, 11) is 0.738. The summed E-state index contributed by atoms with van der Waals surface area (Å²) >= 11 is 0. The molecule has 0 saturated carbocycles. The van der Waals surface area contributed by atoms with Crippen LogP contribution in [0.3, 0.4) is 0 Å². The van der Waals surface area contributed by atoms with Crippen molar-refractivity contribution in [3.8, 4) is 0 Å². The molecular formula is C13H24BN3O3. The zero-order valence-corrected chi connectivity index (χ0v) is 12.1. The Kier molecular flexibility index (Phi) is 5.45. The van der Waals surface area contributed by atoms with Crippen LogP contribution >= 0.6 is 0 Å². The molecular weight excluding hydrogens is 257 g/mol. The number of likely N-dealkylation sites (tertiary alicyclic amines) is 1. The first-order valence-electron chi connectivity index (χ1n) is 7.32. The largest absolute Gasteiger partial charge is 0.483 e. The van der Waals surface area contributed by atoms with E-state index in [1.54, 1.807) is 11.0 Å². The summed E-state index contributed by atoms with van der Waals surface area (Å²) in [5, 5.41) is 21.1. The minimum Gasteiger partial charge on any atom is -0.423 e. The fourth-order valence-electron chi connectivity index (χ4n) is 2.71. The van der Waals surface area contributed by atoms with Crippen molar-refractivity contribution in [1.29, 1.82) is 0 Å². The quantitative estimate of drug-likeness (QED) is 0.620. The van der Waals surface area contributed by atoms with Crippen LogP contribution in [-0.2, 0) is 0 Å². The van der Waals surface area contributed by atoms with E-state index in [9.17, 15) is 4.79 Å². The van der Waals surface area contributed by atoms with Crippen molar-refractivity contribution >= 4 is 13.1 Å². The van der Waals surface area contributed by atoms with Crippen LogP contribution in [0.5, 0.6) is 0 Å². The van der Waals surface area contributed by atoms with Crippen LogP contribution in [0.15, 0.2) is 11.5 Å². The number of hydrogen-bond acceptors (Lipinski definition) is 4. The molecule has 2 heterocycles. The first-order chi connectivity index (χ1) is 9.56. The molecule has 0 radical (unpaired) electrons. The Hall–Kier alpha value is -1.05. The summed E-state index contributed by atoms with van der Waals surface area (Å²) < 4.78 is 0. The molecule has 0 aromatic carbocycles. The lowest BCUT2D eigenvalue weighted by molar-refractivity contribution is 0.189. The SMILES string of the molecule is CN1CCC(CNC(=O)N2CC=C(B(O)O)CC2)CC1. The van der Waals surface area contributed by atoms with E-state index in [-0.39, 0.29) is 6.03 Å². The zero-order valence-electron chi connectivity index (χ0n) is 12.1. The molecule has 20 heavy (non-hydrogen) atoms. The number of carbonyl (C=O) groups excluding carboxylic acids is 1. The molecule has 6 nitrogen and oxygen atoms in total. The van der Waals surface area contributed by atoms with E-state index in [2.05, 4.69) is 17.3 Å². The molecule has 1 saturated heterocycles. The van der Waals surface area contributed by atoms with Crippen LogP contribution in [-0.4, -0.2) is 72.8 Å². The van der Waals surface area contributed by atoms with Crippen molar-refractivity contribution in [3.05, 3.63) is 11.5 Å². The Bertz CT molecular complexity index is 368. The standard InChI is InChI=1S/C13H24BN3O3/c1-16-6-2-11(3-7-16)10-15-13(18)17-8-4-12(5-9-17)14(19)20/h4,11,19-20H,2-3,5-10H2,1H3,(H,15,18). The number of amides is 2. The van der Waals surface area contributed by atoms with Gasteiger partial charge in [0, 0.05) is 19.6 Å². The normalized spacial score (nSPS) is 21.6. The van der Waals surface area contributed by atoms with Gasteiger partial charge in [-0.3, -0.25) is 0 Å². The highest BCUT2D eigenvalue weighted by molar-refractivity contribution is 6.50. The van der Waals surface area contributed by atoms with Gasteiger partial charge in [-0.2, -0.15) is 0 Å². The number of carbonyl (C=O) groups is 1. The molecule has 0 aliphatic carbocycles. The maximum Gasteiger partial charge on any atom is 0.483 e. The number of hydrogen-bond donors (Lipinski definition) is 3. The van der Waals surface area contributed by atoms with Crippen molar-refractivity contribution in [1.82, 2.24) is 15.1 Å². The van der Waals surface area contributed by atoms with Gasteiger partial charge in [-0.05, 0) is 50.8 Å². The Morgan fingerprint density at radius 1 is 1.40 bits per heavy atom. The number of piperidine rings is 1. The fourth-order valence-corrected chi connectivity index (χ4v) is 2.71. The Labute approximate surface area is 120 Å². The lowest BCUT2D eigenvalue weighted by Crippen LogP contribution is -2.45. The van der Waals surface area contributed by atoms with E-state index in [0.717, 1.165) is 32.5 Å². The van der Waals surface area contributed by atoms with E-state index < -0.39 is 7.12 Å². The zero-order chi connectivity index (χ0) is 14.5. The monoisotopic (exact) mass is 281 g/mol. The molecule has 3 N–H and O–H groups in total. The highest BCUT2D eigenvalue weighted by Crippen LogP contribution is 2.15. The van der Waals surface area contributed by atoms with Gasteiger partial charge in [0.05, 0.1) is 0 Å². The highest BCUT2D eigenvalue weighted by Gasteiger charge is 2.23. The van der Waals surface area contributed by atoms with Gasteiger partial charge in [0.15, 0.2) is 0 Å². The van der Waals surface area contributed by atoms with Crippen LogP contribution < -0.4 is 5.32 Å². The molecule has 0 aromatic rings. The third kappa shape index (κ3) is 4.23. The van der Waals surface area contributed by atoms with Crippen molar-refractivity contribution in [2.45, 2.75) is 19.3 Å². The summed E-state index contributed by atoms with van der Waals surface area (Å²) in [6.45, 7) is 3.94. The van der Waals surface area contributed by atoms with E-state index >= 15 is 0 Å². The molecule has 0 unspecified atom stereocenters. The van der Waals surface area contributed by atoms with Crippen LogP contribution in [0.2, 0.25) is 0 Å².